The molecule has 3 heterocycles. The zero-order valence-electron chi connectivity index (χ0n) is 19.1. The summed E-state index contributed by atoms with van der Waals surface area (Å²) in [5.41, 5.74) is 6.85. The summed E-state index contributed by atoms with van der Waals surface area (Å²) in [4.78, 5) is 47.1. The van der Waals surface area contributed by atoms with E-state index in [1.54, 1.807) is 23.7 Å². The van der Waals surface area contributed by atoms with Gasteiger partial charge in [-0.2, -0.15) is 0 Å². The van der Waals surface area contributed by atoms with E-state index in [1.807, 2.05) is 4.90 Å². The van der Waals surface area contributed by atoms with Crippen LogP contribution in [0.1, 0.15) is 76.7 Å². The smallest absolute Gasteiger partial charge is 0.317 e. The van der Waals surface area contributed by atoms with Gasteiger partial charge in [0.05, 0.1) is 10.6 Å². The average Bonchev–Trinajstić information content (AvgIpc) is 3.39. The van der Waals surface area contributed by atoms with Crippen LogP contribution in [0.3, 0.4) is 0 Å². The molecule has 34 heavy (non-hydrogen) atoms. The minimum absolute atomic E-state index is 0.00146. The second-order valence-corrected chi connectivity index (χ2v) is 9.46. The molecule has 4 amide bonds. The number of rotatable bonds is 6. The quantitative estimate of drug-likeness (QED) is 0.431. The number of hydrogen-bond acceptors (Lipinski definition) is 6. The molecule has 1 saturated heterocycles. The van der Waals surface area contributed by atoms with Gasteiger partial charge in [-0.3, -0.25) is 25.4 Å². The van der Waals surface area contributed by atoms with Crippen LogP contribution in [-0.4, -0.2) is 52.3 Å². The van der Waals surface area contributed by atoms with Crippen molar-refractivity contribution in [3.63, 3.8) is 0 Å². The van der Waals surface area contributed by atoms with E-state index in [0.717, 1.165) is 37.1 Å². The predicted molar refractivity (Wildman–Crippen MR) is 129 cm³/mol. The summed E-state index contributed by atoms with van der Waals surface area (Å²) in [6.07, 6.45) is 12.7. The molecule has 2 aliphatic rings. The van der Waals surface area contributed by atoms with Crippen molar-refractivity contribution in [2.45, 2.75) is 50.9 Å². The second-order valence-electron chi connectivity index (χ2n) is 8.57. The summed E-state index contributed by atoms with van der Waals surface area (Å²) in [5, 5.41) is 5.63. The van der Waals surface area contributed by atoms with Crippen LogP contribution >= 0.6 is 11.3 Å². The maximum atomic E-state index is 12.5. The van der Waals surface area contributed by atoms with E-state index in [1.165, 1.54) is 35.9 Å². The zero-order valence-corrected chi connectivity index (χ0v) is 19.9. The fourth-order valence-corrected chi connectivity index (χ4v) is 5.20. The van der Waals surface area contributed by atoms with Gasteiger partial charge in [-0.1, -0.05) is 11.6 Å². The van der Waals surface area contributed by atoms with E-state index in [9.17, 15) is 14.4 Å². The van der Waals surface area contributed by atoms with Crippen molar-refractivity contribution < 1.29 is 14.4 Å². The molecule has 1 aliphatic carbocycles. The van der Waals surface area contributed by atoms with Crippen LogP contribution in [0.2, 0.25) is 0 Å². The molecule has 0 unspecified atom stereocenters. The Morgan fingerprint density at radius 3 is 2.68 bits per heavy atom. The Hall–Kier alpha value is -3.27. The molecule has 0 bridgehead atoms. The third-order valence-electron chi connectivity index (χ3n) is 6.21. The summed E-state index contributed by atoms with van der Waals surface area (Å²) in [7, 11) is 0. The molecule has 0 radical (unpaired) electrons. The van der Waals surface area contributed by atoms with E-state index in [4.69, 9.17) is 0 Å². The highest BCUT2D eigenvalue weighted by Crippen LogP contribution is 2.30. The normalized spacial score (nSPS) is 16.5. The minimum atomic E-state index is -0.468. The lowest BCUT2D eigenvalue weighted by atomic mass is 9.97. The van der Waals surface area contributed by atoms with Crippen molar-refractivity contribution in [2.24, 2.45) is 0 Å². The Morgan fingerprint density at radius 2 is 1.94 bits per heavy atom. The lowest BCUT2D eigenvalue weighted by molar-refractivity contribution is 0.0844. The van der Waals surface area contributed by atoms with Crippen LogP contribution in [0, 0.1) is 0 Å². The molecule has 0 atom stereocenters. The van der Waals surface area contributed by atoms with Crippen LogP contribution in [0.25, 0.3) is 0 Å². The molecule has 0 spiro atoms. The van der Waals surface area contributed by atoms with Crippen LogP contribution < -0.4 is 16.2 Å². The van der Waals surface area contributed by atoms with Gasteiger partial charge in [-0.05, 0) is 57.1 Å². The molecule has 10 heteroatoms. The number of thiazole rings is 1. The number of amides is 4. The Kier molecular flexibility index (Phi) is 8.24. The van der Waals surface area contributed by atoms with Gasteiger partial charge in [0.25, 0.3) is 11.8 Å². The molecule has 2 aromatic rings. The number of pyridine rings is 1. The van der Waals surface area contributed by atoms with E-state index in [2.05, 4.69) is 32.2 Å². The first-order valence-corrected chi connectivity index (χ1v) is 12.6. The van der Waals surface area contributed by atoms with E-state index >= 15 is 0 Å². The highest BCUT2D eigenvalue weighted by molar-refractivity contribution is 7.09. The summed E-state index contributed by atoms with van der Waals surface area (Å²) in [6, 6.07) is 3.25. The third kappa shape index (κ3) is 6.40. The Labute approximate surface area is 203 Å². The molecular formula is C24H30N6O3S. The average molecular weight is 483 g/mol. The molecule has 9 nitrogen and oxygen atoms in total. The first-order valence-electron chi connectivity index (χ1n) is 11.8. The molecule has 2 aromatic heterocycles. The first-order chi connectivity index (χ1) is 16.6. The van der Waals surface area contributed by atoms with Crippen molar-refractivity contribution in [1.29, 1.82) is 0 Å². The molecule has 0 aromatic carbocycles. The van der Waals surface area contributed by atoms with Crippen molar-refractivity contribution in [1.82, 2.24) is 31.0 Å². The molecule has 0 saturated carbocycles. The second kappa shape index (κ2) is 11.7. The largest absolute Gasteiger partial charge is 0.338 e. The molecule has 180 valence electrons. The number of nitrogens with one attached hydrogen (secondary N) is 3. The number of hydrazine groups is 1. The SMILES string of the molecule is O=C(NNC(=O)c1csc(C2CCN(C(=O)NCCC3=CCCCC3)CC2)n1)c1cccnc1. The Morgan fingerprint density at radius 1 is 1.12 bits per heavy atom. The summed E-state index contributed by atoms with van der Waals surface area (Å²) < 4.78 is 0. The number of carbonyl (C=O) groups is 3. The maximum Gasteiger partial charge on any atom is 0.317 e. The lowest BCUT2D eigenvalue weighted by Gasteiger charge is -2.31. The van der Waals surface area contributed by atoms with Gasteiger partial charge in [0.2, 0.25) is 0 Å². The number of carbonyl (C=O) groups excluding carboxylic acids is 3. The van der Waals surface area contributed by atoms with Crippen LogP contribution in [-0.2, 0) is 0 Å². The molecule has 3 N–H and O–H groups in total. The summed E-state index contributed by atoms with van der Waals surface area (Å²) >= 11 is 1.43. The van der Waals surface area contributed by atoms with Crippen molar-refractivity contribution in [3.05, 3.63) is 57.8 Å². The minimum Gasteiger partial charge on any atom is -0.338 e. The maximum absolute atomic E-state index is 12.5. The van der Waals surface area contributed by atoms with Gasteiger partial charge in [0, 0.05) is 43.3 Å². The standard InChI is InChI=1S/C24H30N6O3S/c31-21(19-7-4-11-25-15-19)28-29-22(32)20-16-34-23(27-20)18-9-13-30(14-10-18)24(33)26-12-8-17-5-2-1-3-6-17/h4-5,7,11,15-16,18H,1-3,6,8-10,12-14H2,(H,26,33)(H,28,31)(H,29,32). The number of aromatic nitrogens is 2. The first kappa shape index (κ1) is 23.9. The molecular weight excluding hydrogens is 452 g/mol. The zero-order chi connectivity index (χ0) is 23.8. The molecule has 1 fully saturated rings. The van der Waals surface area contributed by atoms with Crippen molar-refractivity contribution in [2.75, 3.05) is 19.6 Å². The van der Waals surface area contributed by atoms with Gasteiger partial charge in [0.15, 0.2) is 0 Å². The summed E-state index contributed by atoms with van der Waals surface area (Å²) in [5.74, 6) is -0.698. The third-order valence-corrected chi connectivity index (χ3v) is 7.21. The lowest BCUT2D eigenvalue weighted by Crippen LogP contribution is -2.44. The number of hydrogen-bond donors (Lipinski definition) is 3. The van der Waals surface area contributed by atoms with Crippen molar-refractivity contribution >= 4 is 29.2 Å². The molecule has 1 aliphatic heterocycles. The van der Waals surface area contributed by atoms with Gasteiger partial charge in [-0.15, -0.1) is 11.3 Å². The number of nitrogens with zero attached hydrogens (tertiary/aromatic N) is 3. The predicted octanol–water partition coefficient (Wildman–Crippen LogP) is 3.39. The van der Waals surface area contributed by atoms with E-state index < -0.39 is 11.8 Å². The number of allylic oxidation sites excluding steroid dienone is 1. The van der Waals surface area contributed by atoms with Crippen LogP contribution in [0.4, 0.5) is 4.79 Å². The van der Waals surface area contributed by atoms with Gasteiger partial charge >= 0.3 is 6.03 Å². The van der Waals surface area contributed by atoms with Gasteiger partial charge in [-0.25, -0.2) is 9.78 Å². The highest BCUT2D eigenvalue weighted by atomic mass is 32.1. The monoisotopic (exact) mass is 482 g/mol. The van der Waals surface area contributed by atoms with Gasteiger partial charge in [0.1, 0.15) is 5.69 Å². The van der Waals surface area contributed by atoms with E-state index in [-0.39, 0.29) is 17.6 Å². The van der Waals surface area contributed by atoms with E-state index in [0.29, 0.717) is 25.2 Å². The Bertz CT molecular complexity index is 1030. The number of piperidine rings is 1. The van der Waals surface area contributed by atoms with Crippen molar-refractivity contribution in [3.8, 4) is 0 Å². The van der Waals surface area contributed by atoms with Crippen LogP contribution in [0.15, 0.2) is 41.6 Å². The number of likely N-dealkylation sites (tertiary alicyclic amines) is 1. The fraction of sp³-hybridized carbons (Fsp3) is 0.458. The van der Waals surface area contributed by atoms with Crippen LogP contribution in [0.5, 0.6) is 0 Å². The van der Waals surface area contributed by atoms with Gasteiger partial charge < -0.3 is 10.2 Å². The Balaban J connectivity index is 1.19. The highest BCUT2D eigenvalue weighted by Gasteiger charge is 2.26. The topological polar surface area (TPSA) is 116 Å². The summed E-state index contributed by atoms with van der Waals surface area (Å²) in [6.45, 7) is 2.02. The molecule has 4 rings (SSSR count). The number of urea groups is 1. The fourth-order valence-electron chi connectivity index (χ4n) is 4.23.